The van der Waals surface area contributed by atoms with Gasteiger partial charge in [0.05, 0.1) is 11.7 Å². The fourth-order valence-electron chi connectivity index (χ4n) is 2.83. The van der Waals surface area contributed by atoms with Crippen LogP contribution in [0.1, 0.15) is 43.3 Å². The van der Waals surface area contributed by atoms with E-state index in [1.807, 2.05) is 4.68 Å². The molecule has 2 aromatic rings. The van der Waals surface area contributed by atoms with Gasteiger partial charge >= 0.3 is 0 Å². The zero-order valence-corrected chi connectivity index (χ0v) is 10.2. The third-order valence-electron chi connectivity index (χ3n) is 4.13. The number of hydrogen-bond acceptors (Lipinski definition) is 4. The number of rotatable bonds is 3. The van der Waals surface area contributed by atoms with Crippen LogP contribution in [0.4, 0.5) is 0 Å². The maximum absolute atomic E-state index is 9.11. The van der Waals surface area contributed by atoms with E-state index in [1.165, 1.54) is 12.8 Å². The molecule has 5 nitrogen and oxygen atoms in total. The molecule has 2 heterocycles. The molecule has 0 aromatic carbocycles. The van der Waals surface area contributed by atoms with Crippen molar-refractivity contribution in [1.82, 2.24) is 19.7 Å². The van der Waals surface area contributed by atoms with Crippen LogP contribution in [0.25, 0.3) is 11.2 Å². The smallest absolute Gasteiger partial charge is 0.177 e. The van der Waals surface area contributed by atoms with Crippen molar-refractivity contribution >= 4 is 11.2 Å². The van der Waals surface area contributed by atoms with Gasteiger partial charge in [0.1, 0.15) is 5.52 Å². The van der Waals surface area contributed by atoms with E-state index >= 15 is 0 Å². The van der Waals surface area contributed by atoms with Gasteiger partial charge in [-0.25, -0.2) is 14.6 Å². The van der Waals surface area contributed by atoms with Crippen molar-refractivity contribution < 1.29 is 5.11 Å². The highest BCUT2D eigenvalue weighted by atomic mass is 16.3. The lowest BCUT2D eigenvalue weighted by atomic mass is 9.81. The quantitative estimate of drug-likeness (QED) is 0.891. The fraction of sp³-hybridized carbons (Fsp3) is 0.615. The van der Waals surface area contributed by atoms with Gasteiger partial charge in [0.25, 0.3) is 0 Å². The van der Waals surface area contributed by atoms with Crippen LogP contribution < -0.4 is 0 Å². The van der Waals surface area contributed by atoms with Crippen LogP contribution in [0.2, 0.25) is 0 Å². The van der Waals surface area contributed by atoms with Gasteiger partial charge in [-0.2, -0.15) is 5.10 Å². The highest BCUT2D eigenvalue weighted by Gasteiger charge is 2.35. The molecule has 2 aromatic heterocycles. The van der Waals surface area contributed by atoms with E-state index in [-0.39, 0.29) is 6.61 Å². The lowest BCUT2D eigenvalue weighted by molar-refractivity contribution is 0.107. The first-order valence-corrected chi connectivity index (χ1v) is 6.66. The Hall–Kier alpha value is -1.49. The van der Waals surface area contributed by atoms with E-state index in [0.29, 0.717) is 17.9 Å². The molecule has 0 unspecified atom stereocenters. The zero-order chi connectivity index (χ0) is 12.1. The molecule has 2 aliphatic rings. The Bertz CT molecular complexity index is 584. The fourth-order valence-corrected chi connectivity index (χ4v) is 2.83. The standard InChI is InChI=1S/C13H16N4O/c18-7-8-5-10(6-8)17-13-12(14-3-4-15-13)11(16-17)9-1-2-9/h3-4,8-10,18H,1-2,5-7H2/t8-,10-. The summed E-state index contributed by atoms with van der Waals surface area (Å²) >= 11 is 0. The second kappa shape index (κ2) is 3.75. The Balaban J connectivity index is 1.76. The second-order valence-corrected chi connectivity index (χ2v) is 5.51. The van der Waals surface area contributed by atoms with E-state index in [9.17, 15) is 0 Å². The third kappa shape index (κ3) is 1.47. The molecule has 0 saturated heterocycles. The predicted molar refractivity (Wildman–Crippen MR) is 66.1 cm³/mol. The van der Waals surface area contributed by atoms with Crippen LogP contribution in [0.15, 0.2) is 12.4 Å². The lowest BCUT2D eigenvalue weighted by Gasteiger charge is -2.34. The Morgan fingerprint density at radius 1 is 1.22 bits per heavy atom. The molecular weight excluding hydrogens is 228 g/mol. The maximum atomic E-state index is 9.11. The number of hydrogen-bond donors (Lipinski definition) is 1. The first-order chi connectivity index (χ1) is 8.86. The van der Waals surface area contributed by atoms with Crippen LogP contribution >= 0.6 is 0 Å². The van der Waals surface area contributed by atoms with Gasteiger partial charge in [-0.05, 0) is 31.6 Å². The van der Waals surface area contributed by atoms with Gasteiger partial charge in [0.2, 0.25) is 0 Å². The number of aliphatic hydroxyl groups is 1. The number of nitrogens with zero attached hydrogens (tertiary/aromatic N) is 4. The summed E-state index contributed by atoms with van der Waals surface area (Å²) in [6.07, 6.45) is 7.96. The van der Waals surface area contributed by atoms with Crippen LogP contribution in [0.3, 0.4) is 0 Å². The maximum Gasteiger partial charge on any atom is 0.177 e. The summed E-state index contributed by atoms with van der Waals surface area (Å²) in [6.45, 7) is 0.289. The van der Waals surface area contributed by atoms with Crippen molar-refractivity contribution in [2.75, 3.05) is 6.61 Å². The summed E-state index contributed by atoms with van der Waals surface area (Å²) in [6, 6.07) is 0.397. The lowest BCUT2D eigenvalue weighted by Crippen LogP contribution is -2.29. The summed E-state index contributed by atoms with van der Waals surface area (Å²) in [5.41, 5.74) is 3.03. The van der Waals surface area contributed by atoms with Crippen LogP contribution in [0.5, 0.6) is 0 Å². The molecule has 94 valence electrons. The number of aliphatic hydroxyl groups excluding tert-OH is 1. The molecule has 0 spiro atoms. The number of fused-ring (bicyclic) bond motifs is 1. The normalized spacial score (nSPS) is 27.4. The molecule has 0 amide bonds. The Morgan fingerprint density at radius 2 is 2.00 bits per heavy atom. The van der Waals surface area contributed by atoms with E-state index in [4.69, 9.17) is 10.2 Å². The van der Waals surface area contributed by atoms with E-state index in [2.05, 4.69) is 9.97 Å². The van der Waals surface area contributed by atoms with Gasteiger partial charge in [-0.1, -0.05) is 0 Å². The molecule has 0 aliphatic heterocycles. The van der Waals surface area contributed by atoms with Crippen LogP contribution in [-0.4, -0.2) is 31.5 Å². The largest absolute Gasteiger partial charge is 0.396 e. The van der Waals surface area contributed by atoms with Gasteiger partial charge < -0.3 is 5.11 Å². The van der Waals surface area contributed by atoms with Gasteiger partial charge in [-0.15, -0.1) is 0 Å². The minimum Gasteiger partial charge on any atom is -0.396 e. The van der Waals surface area contributed by atoms with Gasteiger partial charge in [0.15, 0.2) is 5.65 Å². The molecule has 5 heteroatoms. The van der Waals surface area contributed by atoms with Crippen molar-refractivity contribution in [2.45, 2.75) is 37.6 Å². The molecule has 4 rings (SSSR count). The average Bonchev–Trinajstić information content (AvgIpc) is 3.12. The molecule has 1 N–H and O–H groups in total. The van der Waals surface area contributed by atoms with E-state index in [1.54, 1.807) is 12.4 Å². The minimum absolute atomic E-state index is 0.289. The highest BCUT2D eigenvalue weighted by molar-refractivity contribution is 5.74. The molecule has 18 heavy (non-hydrogen) atoms. The summed E-state index contributed by atoms with van der Waals surface area (Å²) in [4.78, 5) is 8.89. The summed E-state index contributed by atoms with van der Waals surface area (Å²) < 4.78 is 2.04. The molecule has 2 aliphatic carbocycles. The van der Waals surface area contributed by atoms with Crippen molar-refractivity contribution in [3.8, 4) is 0 Å². The van der Waals surface area contributed by atoms with Gasteiger partial charge in [0, 0.05) is 24.9 Å². The topological polar surface area (TPSA) is 63.8 Å². The van der Waals surface area contributed by atoms with Crippen molar-refractivity contribution in [3.05, 3.63) is 18.1 Å². The molecule has 0 atom stereocenters. The number of aromatic nitrogens is 4. The zero-order valence-electron chi connectivity index (χ0n) is 10.2. The predicted octanol–water partition coefficient (Wildman–Crippen LogP) is 1.65. The first kappa shape index (κ1) is 10.4. The Labute approximate surface area is 105 Å². The summed E-state index contributed by atoms with van der Waals surface area (Å²) in [7, 11) is 0. The molecular formula is C13H16N4O. The van der Waals surface area contributed by atoms with Crippen molar-refractivity contribution in [2.24, 2.45) is 5.92 Å². The van der Waals surface area contributed by atoms with Crippen molar-refractivity contribution in [3.63, 3.8) is 0 Å². The Morgan fingerprint density at radius 3 is 2.72 bits per heavy atom. The van der Waals surface area contributed by atoms with Crippen LogP contribution in [0, 0.1) is 5.92 Å². The summed E-state index contributed by atoms with van der Waals surface area (Å²) in [5, 5.41) is 13.9. The molecule has 0 bridgehead atoms. The summed E-state index contributed by atoms with van der Waals surface area (Å²) in [5.74, 6) is 1.04. The van der Waals surface area contributed by atoms with Gasteiger partial charge in [-0.3, -0.25) is 0 Å². The average molecular weight is 244 g/mol. The molecule has 0 radical (unpaired) electrons. The third-order valence-corrected chi connectivity index (χ3v) is 4.13. The van der Waals surface area contributed by atoms with E-state index in [0.717, 1.165) is 29.7 Å². The first-order valence-electron chi connectivity index (χ1n) is 6.66. The SMILES string of the molecule is OC[C@H]1C[C@H](n2nc(C3CC3)c3nccnc32)C1. The monoisotopic (exact) mass is 244 g/mol. The Kier molecular flexibility index (Phi) is 2.17. The van der Waals surface area contributed by atoms with E-state index < -0.39 is 0 Å². The minimum atomic E-state index is 0.289. The molecule has 2 fully saturated rings. The highest BCUT2D eigenvalue weighted by Crippen LogP contribution is 2.44. The van der Waals surface area contributed by atoms with Crippen LogP contribution in [-0.2, 0) is 0 Å². The van der Waals surface area contributed by atoms with Crippen molar-refractivity contribution in [1.29, 1.82) is 0 Å². The molecule has 2 saturated carbocycles. The second-order valence-electron chi connectivity index (χ2n) is 5.51.